The van der Waals surface area contributed by atoms with Crippen LogP contribution in [0.5, 0.6) is 0 Å². The summed E-state index contributed by atoms with van der Waals surface area (Å²) < 4.78 is 29.9. The van der Waals surface area contributed by atoms with E-state index in [-0.39, 0.29) is 0 Å². The van der Waals surface area contributed by atoms with Gasteiger partial charge in [-0.1, -0.05) is 0 Å². The maximum Gasteiger partial charge on any atom is 0.265 e. The van der Waals surface area contributed by atoms with Crippen LogP contribution in [0, 0.1) is 5.92 Å². The minimum Gasteiger partial charge on any atom is -0.390 e. The highest BCUT2D eigenvalue weighted by Gasteiger charge is 2.48. The van der Waals surface area contributed by atoms with Gasteiger partial charge in [0.15, 0.2) is 0 Å². The van der Waals surface area contributed by atoms with Gasteiger partial charge in [0, 0.05) is 12.0 Å². The molecule has 0 aliphatic heterocycles. The topological polar surface area (TPSA) is 161 Å². The van der Waals surface area contributed by atoms with Crippen LogP contribution in [0.15, 0.2) is 0 Å². The van der Waals surface area contributed by atoms with E-state index in [1.807, 2.05) is 0 Å². The summed E-state index contributed by atoms with van der Waals surface area (Å²) in [6.45, 7) is 0. The molecule has 0 amide bonds. The highest BCUT2D eigenvalue weighted by atomic mass is 32.2. The van der Waals surface area contributed by atoms with Crippen molar-refractivity contribution in [2.75, 3.05) is 5.75 Å². The molecular weight excluding hydrogens is 242 g/mol. The fourth-order valence-corrected chi connectivity index (χ4v) is 2.72. The van der Waals surface area contributed by atoms with E-state index in [1.165, 1.54) is 0 Å². The van der Waals surface area contributed by atoms with Crippen LogP contribution in [0.25, 0.3) is 0 Å². The molecule has 0 aromatic rings. The first-order chi connectivity index (χ1) is 7.15. The average Bonchev–Trinajstić information content (AvgIpc) is 2.17. The van der Waals surface area contributed by atoms with Crippen molar-refractivity contribution in [1.82, 2.24) is 0 Å². The second-order valence-electron chi connectivity index (χ2n) is 3.95. The summed E-state index contributed by atoms with van der Waals surface area (Å²) in [4.78, 5) is 0. The van der Waals surface area contributed by atoms with Crippen molar-refractivity contribution in [3.63, 3.8) is 0 Å². The normalized spacial score (nSPS) is 45.6. The van der Waals surface area contributed by atoms with Crippen LogP contribution in [0.2, 0.25) is 0 Å². The molecule has 7 N–H and O–H groups in total. The second-order valence-corrected chi connectivity index (χ2v) is 5.45. The van der Waals surface area contributed by atoms with E-state index in [9.17, 15) is 28.8 Å². The molecule has 0 bridgehead atoms. The maximum atomic E-state index is 10.6. The summed E-state index contributed by atoms with van der Waals surface area (Å²) in [5.74, 6) is -2.14. The summed E-state index contributed by atoms with van der Waals surface area (Å²) >= 11 is 0. The molecule has 0 saturated heterocycles. The molecule has 0 aromatic heterocycles. The summed E-state index contributed by atoms with van der Waals surface area (Å²) in [5, 5.41) is 37.4. The molecule has 1 aliphatic rings. The van der Waals surface area contributed by atoms with E-state index in [0.717, 1.165) is 0 Å². The van der Waals surface area contributed by atoms with Gasteiger partial charge in [-0.3, -0.25) is 4.55 Å². The van der Waals surface area contributed by atoms with Crippen LogP contribution < -0.4 is 5.73 Å². The number of rotatable bonds is 2. The van der Waals surface area contributed by atoms with Gasteiger partial charge >= 0.3 is 0 Å². The largest absolute Gasteiger partial charge is 0.390 e. The second kappa shape index (κ2) is 4.53. The van der Waals surface area contributed by atoms with Gasteiger partial charge in [0.25, 0.3) is 10.1 Å². The van der Waals surface area contributed by atoms with E-state index < -0.39 is 52.2 Å². The van der Waals surface area contributed by atoms with E-state index in [4.69, 9.17) is 10.3 Å². The highest BCUT2D eigenvalue weighted by Crippen LogP contribution is 2.26. The number of aliphatic hydroxyl groups excluding tert-OH is 4. The predicted molar refractivity (Wildman–Crippen MR) is 51.9 cm³/mol. The Hall–Kier alpha value is -0.290. The smallest absolute Gasteiger partial charge is 0.265 e. The molecule has 1 fully saturated rings. The SMILES string of the molecule is N[C@@H]1[C@@H](O)[C@H](O)[C@@H](O)[C@H](O)[C@H]1CS(=O)(=O)O. The molecule has 96 valence electrons. The third-order valence-electron chi connectivity index (χ3n) is 2.78. The van der Waals surface area contributed by atoms with Crippen molar-refractivity contribution < 1.29 is 33.4 Å². The first kappa shape index (κ1) is 13.8. The van der Waals surface area contributed by atoms with Crippen molar-refractivity contribution in [2.45, 2.75) is 30.5 Å². The van der Waals surface area contributed by atoms with E-state index in [2.05, 4.69) is 0 Å². The van der Waals surface area contributed by atoms with Crippen LogP contribution in [0.1, 0.15) is 0 Å². The lowest BCUT2D eigenvalue weighted by atomic mass is 9.78. The average molecular weight is 257 g/mol. The Morgan fingerprint density at radius 3 is 1.81 bits per heavy atom. The molecule has 0 unspecified atom stereocenters. The fourth-order valence-electron chi connectivity index (χ4n) is 1.82. The minimum absolute atomic E-state index is 0.893. The quantitative estimate of drug-likeness (QED) is 0.275. The lowest BCUT2D eigenvalue weighted by molar-refractivity contribution is -0.161. The number of hydrogen-bond acceptors (Lipinski definition) is 7. The fraction of sp³-hybridized carbons (Fsp3) is 1.00. The molecule has 1 saturated carbocycles. The zero-order valence-corrected chi connectivity index (χ0v) is 9.03. The molecular formula is C7H15NO7S. The van der Waals surface area contributed by atoms with Crippen molar-refractivity contribution in [1.29, 1.82) is 0 Å². The Morgan fingerprint density at radius 1 is 0.938 bits per heavy atom. The maximum absolute atomic E-state index is 10.6. The molecule has 6 atom stereocenters. The van der Waals surface area contributed by atoms with Crippen LogP contribution in [-0.4, -0.2) is 69.6 Å². The van der Waals surface area contributed by atoms with Gasteiger partial charge in [-0.15, -0.1) is 0 Å². The van der Waals surface area contributed by atoms with Crippen LogP contribution in [0.4, 0.5) is 0 Å². The molecule has 16 heavy (non-hydrogen) atoms. The van der Waals surface area contributed by atoms with Crippen molar-refractivity contribution in [3.05, 3.63) is 0 Å². The van der Waals surface area contributed by atoms with Gasteiger partial charge in [-0.25, -0.2) is 0 Å². The van der Waals surface area contributed by atoms with Crippen molar-refractivity contribution in [2.24, 2.45) is 11.7 Å². The third kappa shape index (κ3) is 2.69. The monoisotopic (exact) mass is 257 g/mol. The Labute approximate surface area is 92.1 Å². The summed E-state index contributed by atoms with van der Waals surface area (Å²) in [6.07, 6.45) is -6.55. The zero-order chi connectivity index (χ0) is 12.7. The molecule has 1 aliphatic carbocycles. The first-order valence-electron chi connectivity index (χ1n) is 4.58. The lowest BCUT2D eigenvalue weighted by Crippen LogP contribution is -2.65. The molecule has 0 spiro atoms. The Morgan fingerprint density at radius 2 is 1.38 bits per heavy atom. The van der Waals surface area contributed by atoms with Crippen LogP contribution in [0.3, 0.4) is 0 Å². The van der Waals surface area contributed by atoms with E-state index in [1.54, 1.807) is 0 Å². The van der Waals surface area contributed by atoms with Gasteiger partial charge in [-0.05, 0) is 0 Å². The van der Waals surface area contributed by atoms with Gasteiger partial charge in [0.05, 0.1) is 18.0 Å². The molecule has 0 radical (unpaired) electrons. The first-order valence-corrected chi connectivity index (χ1v) is 6.19. The minimum atomic E-state index is -4.40. The molecule has 8 nitrogen and oxygen atoms in total. The zero-order valence-electron chi connectivity index (χ0n) is 8.21. The van der Waals surface area contributed by atoms with Gasteiger partial charge in [0.2, 0.25) is 0 Å². The van der Waals surface area contributed by atoms with Gasteiger partial charge in [0.1, 0.15) is 12.2 Å². The summed E-state index contributed by atoms with van der Waals surface area (Å²) in [7, 11) is -4.40. The molecule has 1 rings (SSSR count). The van der Waals surface area contributed by atoms with Gasteiger partial charge < -0.3 is 26.2 Å². The number of nitrogens with two attached hydrogens (primary N) is 1. The lowest BCUT2D eigenvalue weighted by Gasteiger charge is -2.42. The van der Waals surface area contributed by atoms with Crippen molar-refractivity contribution >= 4 is 10.1 Å². The summed E-state index contributed by atoms with van der Waals surface area (Å²) in [6, 6.07) is -1.25. The standard InChI is InChI=1S/C7H15NO7S/c8-3-2(1-16(13,14)15)4(9)6(11)7(12)5(3)10/h2-7,9-12H,1,8H2,(H,13,14,15)/t2-,3-,4+,5+,6-,7-/m0/s1. The van der Waals surface area contributed by atoms with E-state index in [0.29, 0.717) is 0 Å². The third-order valence-corrected chi connectivity index (χ3v) is 3.59. The Kier molecular flexibility index (Phi) is 3.90. The molecule has 0 aromatic carbocycles. The summed E-state index contributed by atoms with van der Waals surface area (Å²) in [5.41, 5.74) is 5.42. The molecule has 9 heteroatoms. The number of hydrogen-bond donors (Lipinski definition) is 6. The number of aliphatic hydroxyl groups is 4. The highest BCUT2D eigenvalue weighted by molar-refractivity contribution is 7.85. The van der Waals surface area contributed by atoms with Gasteiger partial charge in [-0.2, -0.15) is 8.42 Å². The van der Waals surface area contributed by atoms with Crippen molar-refractivity contribution in [3.8, 4) is 0 Å². The van der Waals surface area contributed by atoms with E-state index >= 15 is 0 Å². The Bertz CT molecular complexity index is 329. The predicted octanol–water partition coefficient (Wildman–Crippen LogP) is -3.73. The Balaban J connectivity index is 2.91. The van der Waals surface area contributed by atoms with Crippen LogP contribution >= 0.6 is 0 Å². The molecule has 0 heterocycles. The van der Waals surface area contributed by atoms with Crippen LogP contribution in [-0.2, 0) is 10.1 Å².